The van der Waals surface area contributed by atoms with Gasteiger partial charge in [-0.3, -0.25) is 9.67 Å². The molecule has 0 bridgehead atoms. The van der Waals surface area contributed by atoms with Crippen molar-refractivity contribution in [3.8, 4) is 23.0 Å². The van der Waals surface area contributed by atoms with Gasteiger partial charge >= 0.3 is 0 Å². The Bertz CT molecular complexity index is 1520. The number of aliphatic hydroxyl groups excluding tert-OH is 1. The molecule has 2 aromatic carbocycles. The number of nitrogens with zero attached hydrogens (tertiary/aromatic N) is 5. The Balaban J connectivity index is 1.54. The molecule has 3 heterocycles. The fraction of sp³-hybridized carbons (Fsp3) is 0.154. The summed E-state index contributed by atoms with van der Waals surface area (Å²) < 4.78 is 41.7. The number of para-hydroxylation sites is 1. The van der Waals surface area contributed by atoms with Crippen molar-refractivity contribution >= 4 is 22.4 Å². The van der Waals surface area contributed by atoms with Crippen LogP contribution in [0.2, 0.25) is 0 Å². The third-order valence-electron chi connectivity index (χ3n) is 5.57. The van der Waals surface area contributed by atoms with Gasteiger partial charge in [-0.15, -0.1) is 0 Å². The number of anilines is 2. The van der Waals surface area contributed by atoms with Crippen LogP contribution in [0, 0.1) is 11.6 Å². The number of ether oxygens (including phenoxy) is 2. The first-order valence-corrected chi connectivity index (χ1v) is 11.3. The average Bonchev–Trinajstić information content (AvgIpc) is 3.28. The highest BCUT2D eigenvalue weighted by molar-refractivity contribution is 5.92. The minimum absolute atomic E-state index is 0.000304. The second-order valence-electron chi connectivity index (χ2n) is 7.93. The second-order valence-corrected chi connectivity index (χ2v) is 7.93. The summed E-state index contributed by atoms with van der Waals surface area (Å²) in [4.78, 5) is 13.1. The van der Waals surface area contributed by atoms with Crippen molar-refractivity contribution in [1.29, 1.82) is 0 Å². The van der Waals surface area contributed by atoms with E-state index in [-0.39, 0.29) is 31.1 Å². The van der Waals surface area contributed by atoms with Crippen LogP contribution in [0.1, 0.15) is 5.56 Å². The first-order valence-electron chi connectivity index (χ1n) is 11.3. The molecule has 0 atom stereocenters. The molecular weight excluding hydrogens is 482 g/mol. The summed E-state index contributed by atoms with van der Waals surface area (Å²) in [5.74, 6) is -0.400. The molecule has 5 aromatic rings. The van der Waals surface area contributed by atoms with Crippen LogP contribution in [-0.4, -0.2) is 50.2 Å². The van der Waals surface area contributed by atoms with E-state index in [9.17, 15) is 8.78 Å². The molecule has 0 spiro atoms. The molecule has 9 nitrogen and oxygen atoms in total. The van der Waals surface area contributed by atoms with E-state index < -0.39 is 11.6 Å². The third-order valence-corrected chi connectivity index (χ3v) is 5.57. The van der Waals surface area contributed by atoms with Crippen molar-refractivity contribution < 1.29 is 23.4 Å². The molecule has 0 saturated carbocycles. The minimum atomic E-state index is -0.779. The molecule has 0 amide bonds. The van der Waals surface area contributed by atoms with Gasteiger partial charge in [0.1, 0.15) is 29.7 Å². The molecule has 2 N–H and O–H groups in total. The van der Waals surface area contributed by atoms with Crippen molar-refractivity contribution in [2.75, 3.05) is 25.6 Å². The van der Waals surface area contributed by atoms with Gasteiger partial charge < -0.3 is 19.9 Å². The van der Waals surface area contributed by atoms with Gasteiger partial charge in [-0.25, -0.2) is 18.7 Å². The Morgan fingerprint density at radius 1 is 1.05 bits per heavy atom. The highest BCUT2D eigenvalue weighted by Gasteiger charge is 2.20. The van der Waals surface area contributed by atoms with Crippen LogP contribution in [-0.2, 0) is 6.54 Å². The highest BCUT2D eigenvalue weighted by Crippen LogP contribution is 2.31. The number of hydrogen-bond donors (Lipinski definition) is 2. The van der Waals surface area contributed by atoms with Crippen LogP contribution in [0.4, 0.5) is 20.3 Å². The van der Waals surface area contributed by atoms with E-state index in [0.29, 0.717) is 34.0 Å². The smallest absolute Gasteiger partial charge is 0.183 e. The maximum atomic E-state index is 14.8. The minimum Gasteiger partial charge on any atom is -0.491 e. The van der Waals surface area contributed by atoms with Gasteiger partial charge in [-0.1, -0.05) is 18.2 Å². The number of hydrogen-bond acceptors (Lipinski definition) is 8. The summed E-state index contributed by atoms with van der Waals surface area (Å²) in [7, 11) is 1.52. The number of nitrogens with one attached hydrogen (secondary N) is 1. The van der Waals surface area contributed by atoms with Crippen LogP contribution in [0.3, 0.4) is 0 Å². The number of fused-ring (bicyclic) bond motifs is 1. The molecule has 0 fully saturated rings. The fourth-order valence-electron chi connectivity index (χ4n) is 3.84. The number of aromatic nitrogens is 5. The fourth-order valence-corrected chi connectivity index (χ4v) is 3.84. The van der Waals surface area contributed by atoms with E-state index in [4.69, 9.17) is 14.6 Å². The molecule has 37 heavy (non-hydrogen) atoms. The molecule has 5 rings (SSSR count). The predicted octanol–water partition coefficient (Wildman–Crippen LogP) is 4.34. The van der Waals surface area contributed by atoms with Crippen molar-refractivity contribution in [2.24, 2.45) is 0 Å². The summed E-state index contributed by atoms with van der Waals surface area (Å²) in [6.07, 6.45) is 4.83. The lowest BCUT2D eigenvalue weighted by atomic mass is 10.1. The van der Waals surface area contributed by atoms with Crippen LogP contribution >= 0.6 is 0 Å². The second kappa shape index (κ2) is 10.5. The van der Waals surface area contributed by atoms with E-state index in [1.54, 1.807) is 30.6 Å². The molecule has 11 heteroatoms. The summed E-state index contributed by atoms with van der Waals surface area (Å²) in [6, 6.07) is 13.0. The molecule has 0 radical (unpaired) electrons. The van der Waals surface area contributed by atoms with Crippen LogP contribution < -0.4 is 14.8 Å². The zero-order chi connectivity index (χ0) is 25.8. The van der Waals surface area contributed by atoms with Crippen LogP contribution in [0.5, 0.6) is 11.5 Å². The van der Waals surface area contributed by atoms with Gasteiger partial charge in [0.2, 0.25) is 0 Å². The van der Waals surface area contributed by atoms with Gasteiger partial charge in [-0.2, -0.15) is 5.10 Å². The molecule has 0 saturated heterocycles. The first-order chi connectivity index (χ1) is 18.1. The summed E-state index contributed by atoms with van der Waals surface area (Å²) >= 11 is 0. The van der Waals surface area contributed by atoms with E-state index in [2.05, 4.69) is 25.4 Å². The first kappa shape index (κ1) is 24.1. The zero-order valence-corrected chi connectivity index (χ0v) is 19.7. The van der Waals surface area contributed by atoms with Crippen molar-refractivity contribution in [3.05, 3.63) is 84.3 Å². The highest BCUT2D eigenvalue weighted by atomic mass is 19.1. The largest absolute Gasteiger partial charge is 0.491 e. The third kappa shape index (κ3) is 5.02. The monoisotopic (exact) mass is 504 g/mol. The molecule has 0 aliphatic rings. The van der Waals surface area contributed by atoms with E-state index in [1.165, 1.54) is 18.0 Å². The topological polar surface area (TPSA) is 107 Å². The maximum Gasteiger partial charge on any atom is 0.183 e. The van der Waals surface area contributed by atoms with Crippen LogP contribution in [0.25, 0.3) is 22.4 Å². The molecule has 188 valence electrons. The lowest BCUT2D eigenvalue weighted by Crippen LogP contribution is -2.08. The lowest BCUT2D eigenvalue weighted by Gasteiger charge is -2.11. The lowest BCUT2D eigenvalue weighted by molar-refractivity contribution is 0.200. The van der Waals surface area contributed by atoms with Gasteiger partial charge in [0.15, 0.2) is 17.4 Å². The van der Waals surface area contributed by atoms with Gasteiger partial charge in [0.25, 0.3) is 0 Å². The van der Waals surface area contributed by atoms with E-state index in [1.807, 2.05) is 18.2 Å². The average molecular weight is 504 g/mol. The van der Waals surface area contributed by atoms with E-state index in [0.717, 1.165) is 17.8 Å². The quantitative estimate of drug-likeness (QED) is 0.305. The predicted molar refractivity (Wildman–Crippen MR) is 133 cm³/mol. The molecule has 0 unspecified atom stereocenters. The normalized spacial score (nSPS) is 11.0. The number of halogens is 2. The van der Waals surface area contributed by atoms with E-state index >= 15 is 0 Å². The molecule has 0 aliphatic heterocycles. The maximum absolute atomic E-state index is 14.8. The van der Waals surface area contributed by atoms with Crippen molar-refractivity contribution in [2.45, 2.75) is 6.54 Å². The number of pyridine rings is 1. The summed E-state index contributed by atoms with van der Waals surface area (Å²) in [6.45, 7) is -0.498. The Hall–Kier alpha value is -4.64. The summed E-state index contributed by atoms with van der Waals surface area (Å²) in [5.41, 5.74) is 1.68. The SMILES string of the molecule is COc1cnc(-c2nn(Cc3c(F)cc(OCCO)cc3F)c3ccccc23)nc1Nc1ccncc1. The van der Waals surface area contributed by atoms with Gasteiger partial charge in [0, 0.05) is 41.2 Å². The number of rotatable bonds is 9. The Labute approximate surface area is 210 Å². The Morgan fingerprint density at radius 2 is 1.81 bits per heavy atom. The number of aliphatic hydroxyl groups is 1. The molecule has 0 aliphatic carbocycles. The number of methoxy groups -OCH3 is 1. The van der Waals surface area contributed by atoms with Gasteiger partial charge in [-0.05, 0) is 18.2 Å². The van der Waals surface area contributed by atoms with Crippen molar-refractivity contribution in [3.63, 3.8) is 0 Å². The van der Waals surface area contributed by atoms with Gasteiger partial charge in [0.05, 0.1) is 32.0 Å². The Kier molecular flexibility index (Phi) is 6.86. The molecular formula is C26H22F2N6O3. The van der Waals surface area contributed by atoms with Crippen molar-refractivity contribution in [1.82, 2.24) is 24.7 Å². The van der Waals surface area contributed by atoms with Crippen LogP contribution in [0.15, 0.2) is 67.1 Å². The zero-order valence-electron chi connectivity index (χ0n) is 19.7. The summed E-state index contributed by atoms with van der Waals surface area (Å²) in [5, 5.41) is 17.4. The standard InChI is InChI=1S/C26H22F2N6O3/c1-36-23-14-30-26(32-25(23)31-16-6-8-29-9-7-16)24-18-4-2-3-5-22(18)34(33-24)15-19-20(27)12-17(13-21(19)28)37-11-10-35/h2-9,12-14,35H,10-11,15H2,1H3,(H,29,30,31,32). The number of benzene rings is 2. The Morgan fingerprint density at radius 3 is 2.54 bits per heavy atom. The molecule has 3 aromatic heterocycles.